The van der Waals surface area contributed by atoms with Crippen molar-refractivity contribution in [2.45, 2.75) is 19.8 Å². The third-order valence-electron chi connectivity index (χ3n) is 5.21. The van der Waals surface area contributed by atoms with Crippen molar-refractivity contribution in [2.24, 2.45) is 7.05 Å². The molecule has 1 saturated heterocycles. The molecular formula is C21H23N3O2. The lowest BCUT2D eigenvalue weighted by Crippen LogP contribution is -2.37. The molecule has 4 rings (SSSR count). The van der Waals surface area contributed by atoms with Gasteiger partial charge in [0.2, 0.25) is 0 Å². The number of rotatable bonds is 4. The highest BCUT2D eigenvalue weighted by Crippen LogP contribution is 2.33. The molecule has 0 amide bonds. The summed E-state index contributed by atoms with van der Waals surface area (Å²) in [5, 5.41) is 1.59. The molecule has 5 heteroatoms. The molecule has 1 aliphatic rings. The van der Waals surface area contributed by atoms with Crippen LogP contribution < -0.4 is 15.2 Å². The van der Waals surface area contributed by atoms with E-state index in [0.29, 0.717) is 5.39 Å². The number of benzene rings is 1. The number of aromatic nitrogens is 2. The van der Waals surface area contributed by atoms with Gasteiger partial charge in [0.1, 0.15) is 11.6 Å². The van der Waals surface area contributed by atoms with Crippen LogP contribution in [0.15, 0.2) is 41.5 Å². The first-order valence-corrected chi connectivity index (χ1v) is 9.04. The number of hydrogen-bond donors (Lipinski definition) is 0. The van der Waals surface area contributed by atoms with E-state index in [1.165, 1.54) is 12.0 Å². The fourth-order valence-electron chi connectivity index (χ4n) is 3.50. The van der Waals surface area contributed by atoms with Gasteiger partial charge in [-0.1, -0.05) is 19.1 Å². The van der Waals surface area contributed by atoms with E-state index in [0.717, 1.165) is 47.6 Å². The first-order valence-electron chi connectivity index (χ1n) is 9.04. The molecule has 3 heterocycles. The van der Waals surface area contributed by atoms with E-state index in [-0.39, 0.29) is 5.56 Å². The molecule has 0 atom stereocenters. The maximum Gasteiger partial charge on any atom is 0.259 e. The molecule has 0 radical (unpaired) electrons. The first-order chi connectivity index (χ1) is 12.6. The number of anilines is 1. The Morgan fingerprint density at radius 1 is 1.19 bits per heavy atom. The van der Waals surface area contributed by atoms with E-state index >= 15 is 0 Å². The summed E-state index contributed by atoms with van der Waals surface area (Å²) in [6.45, 7) is 4.17. The molecule has 3 aromatic rings. The van der Waals surface area contributed by atoms with Crippen LogP contribution in [0, 0.1) is 0 Å². The molecule has 2 aromatic heterocycles. The average Bonchev–Trinajstić information content (AvgIpc) is 2.62. The van der Waals surface area contributed by atoms with E-state index in [2.05, 4.69) is 35.0 Å². The molecule has 0 bridgehead atoms. The SMILES string of the molecule is CCc1ccc(-c2cn(C)c(=O)c3cnc(N4CCC4)cc23)cc1OC. The Balaban J connectivity index is 1.96. The zero-order valence-corrected chi connectivity index (χ0v) is 15.5. The van der Waals surface area contributed by atoms with Crippen molar-refractivity contribution in [3.63, 3.8) is 0 Å². The van der Waals surface area contributed by atoms with Crippen molar-refractivity contribution in [3.05, 3.63) is 52.6 Å². The lowest BCUT2D eigenvalue weighted by Gasteiger charge is -2.32. The summed E-state index contributed by atoms with van der Waals surface area (Å²) in [5.74, 6) is 1.82. The fourth-order valence-corrected chi connectivity index (χ4v) is 3.50. The second-order valence-electron chi connectivity index (χ2n) is 6.77. The van der Waals surface area contributed by atoms with Gasteiger partial charge >= 0.3 is 0 Å². The normalized spacial score (nSPS) is 13.7. The van der Waals surface area contributed by atoms with Crippen LogP contribution in [0.5, 0.6) is 5.75 Å². The maximum atomic E-state index is 12.6. The van der Waals surface area contributed by atoms with E-state index in [1.807, 2.05) is 12.3 Å². The van der Waals surface area contributed by atoms with Crippen LogP contribution >= 0.6 is 0 Å². The van der Waals surface area contributed by atoms with Gasteiger partial charge in [0, 0.05) is 43.5 Å². The molecular weight excluding hydrogens is 326 g/mol. The molecule has 0 N–H and O–H groups in total. The number of pyridine rings is 2. The second kappa shape index (κ2) is 6.48. The highest BCUT2D eigenvalue weighted by Gasteiger charge is 2.18. The number of ether oxygens (including phenoxy) is 1. The standard InChI is InChI=1S/C21H23N3O2/c1-4-14-6-7-15(10-19(14)26-3)18-13-23(2)21(25)17-12-22-20(11-16(17)18)24-8-5-9-24/h6-7,10-13H,4-5,8-9H2,1-3H3. The second-order valence-corrected chi connectivity index (χ2v) is 6.77. The third-order valence-corrected chi connectivity index (χ3v) is 5.21. The summed E-state index contributed by atoms with van der Waals surface area (Å²) in [4.78, 5) is 19.3. The number of aryl methyl sites for hydroxylation is 2. The third kappa shape index (κ3) is 2.64. The van der Waals surface area contributed by atoms with Crippen LogP contribution in [0.4, 0.5) is 5.82 Å². The summed E-state index contributed by atoms with van der Waals surface area (Å²) < 4.78 is 7.19. The highest BCUT2D eigenvalue weighted by molar-refractivity contribution is 5.97. The minimum atomic E-state index is -0.0245. The zero-order chi connectivity index (χ0) is 18.3. The molecule has 5 nitrogen and oxygen atoms in total. The molecule has 0 unspecified atom stereocenters. The fraction of sp³-hybridized carbons (Fsp3) is 0.333. The summed E-state index contributed by atoms with van der Waals surface area (Å²) >= 11 is 0. The van der Waals surface area contributed by atoms with Crippen LogP contribution in [0.2, 0.25) is 0 Å². The summed E-state index contributed by atoms with van der Waals surface area (Å²) in [5.41, 5.74) is 3.21. The Kier molecular flexibility index (Phi) is 4.15. The van der Waals surface area contributed by atoms with Crippen molar-refractivity contribution in [3.8, 4) is 16.9 Å². The van der Waals surface area contributed by atoms with Gasteiger partial charge in [-0.2, -0.15) is 0 Å². The lowest BCUT2D eigenvalue weighted by molar-refractivity contribution is 0.410. The summed E-state index contributed by atoms with van der Waals surface area (Å²) in [7, 11) is 3.48. The van der Waals surface area contributed by atoms with Gasteiger partial charge < -0.3 is 14.2 Å². The molecule has 1 fully saturated rings. The maximum absolute atomic E-state index is 12.6. The minimum absolute atomic E-state index is 0.0245. The van der Waals surface area contributed by atoms with Crippen LogP contribution in [0.1, 0.15) is 18.9 Å². The van der Waals surface area contributed by atoms with Gasteiger partial charge in [0.25, 0.3) is 5.56 Å². The Bertz CT molecular complexity index is 1040. The predicted octanol–water partition coefficient (Wildman–Crippen LogP) is 3.38. The van der Waals surface area contributed by atoms with Gasteiger partial charge in [0.05, 0.1) is 12.5 Å². The molecule has 1 aliphatic heterocycles. The molecule has 0 saturated carbocycles. The van der Waals surface area contributed by atoms with Crippen molar-refractivity contribution in [2.75, 3.05) is 25.1 Å². The Morgan fingerprint density at radius 2 is 2.00 bits per heavy atom. The molecule has 0 spiro atoms. The monoisotopic (exact) mass is 349 g/mol. The zero-order valence-electron chi connectivity index (χ0n) is 15.5. The predicted molar refractivity (Wildman–Crippen MR) is 105 cm³/mol. The Labute approximate surface area is 152 Å². The lowest BCUT2D eigenvalue weighted by atomic mass is 9.99. The summed E-state index contributed by atoms with van der Waals surface area (Å²) in [6.07, 6.45) is 5.73. The van der Waals surface area contributed by atoms with Crippen molar-refractivity contribution >= 4 is 16.6 Å². The molecule has 1 aromatic carbocycles. The van der Waals surface area contributed by atoms with Crippen LogP contribution in [0.25, 0.3) is 21.9 Å². The molecule has 26 heavy (non-hydrogen) atoms. The van der Waals surface area contributed by atoms with Crippen molar-refractivity contribution in [1.82, 2.24) is 9.55 Å². The van der Waals surface area contributed by atoms with Crippen LogP contribution in [0.3, 0.4) is 0 Å². The van der Waals surface area contributed by atoms with Gasteiger partial charge in [-0.05, 0) is 36.1 Å². The number of nitrogens with zero attached hydrogens (tertiary/aromatic N) is 3. The topological polar surface area (TPSA) is 47.4 Å². The van der Waals surface area contributed by atoms with Gasteiger partial charge in [-0.25, -0.2) is 4.98 Å². The van der Waals surface area contributed by atoms with E-state index in [4.69, 9.17) is 4.74 Å². The van der Waals surface area contributed by atoms with E-state index in [1.54, 1.807) is 24.9 Å². The van der Waals surface area contributed by atoms with Crippen molar-refractivity contribution in [1.29, 1.82) is 0 Å². The Morgan fingerprint density at radius 3 is 2.65 bits per heavy atom. The van der Waals surface area contributed by atoms with Crippen LogP contribution in [-0.2, 0) is 13.5 Å². The summed E-state index contributed by atoms with van der Waals surface area (Å²) in [6, 6.07) is 8.31. The minimum Gasteiger partial charge on any atom is -0.496 e. The molecule has 134 valence electrons. The van der Waals surface area contributed by atoms with Gasteiger partial charge in [-0.15, -0.1) is 0 Å². The number of hydrogen-bond acceptors (Lipinski definition) is 4. The van der Waals surface area contributed by atoms with Gasteiger partial charge in [0.15, 0.2) is 0 Å². The first kappa shape index (κ1) is 16.6. The number of methoxy groups -OCH3 is 1. The van der Waals surface area contributed by atoms with Gasteiger partial charge in [-0.3, -0.25) is 4.79 Å². The Hall–Kier alpha value is -2.82. The van der Waals surface area contributed by atoms with E-state index in [9.17, 15) is 4.79 Å². The quantitative estimate of drug-likeness (QED) is 0.724. The smallest absolute Gasteiger partial charge is 0.259 e. The average molecular weight is 349 g/mol. The van der Waals surface area contributed by atoms with Crippen LogP contribution in [-0.4, -0.2) is 29.8 Å². The van der Waals surface area contributed by atoms with E-state index < -0.39 is 0 Å². The van der Waals surface area contributed by atoms with Crippen molar-refractivity contribution < 1.29 is 4.74 Å². The number of fused-ring (bicyclic) bond motifs is 1. The highest BCUT2D eigenvalue weighted by atomic mass is 16.5. The largest absolute Gasteiger partial charge is 0.496 e. The molecule has 0 aliphatic carbocycles.